The van der Waals surface area contributed by atoms with E-state index in [0.29, 0.717) is 26.1 Å². The summed E-state index contributed by atoms with van der Waals surface area (Å²) in [6.07, 6.45) is 0.0140. The van der Waals surface area contributed by atoms with Crippen LogP contribution in [0.25, 0.3) is 0 Å². The number of aliphatic hydroxyl groups excluding tert-OH is 1. The molecular weight excluding hydrogens is 304 g/mol. The van der Waals surface area contributed by atoms with Gasteiger partial charge in [0, 0.05) is 18.7 Å². The topological polar surface area (TPSA) is 70.6 Å². The maximum absolute atomic E-state index is 12.1. The van der Waals surface area contributed by atoms with Crippen LogP contribution in [0.3, 0.4) is 0 Å². The van der Waals surface area contributed by atoms with Crippen LogP contribution in [0.5, 0.6) is 5.75 Å². The average Bonchev–Trinajstić information content (AvgIpc) is 3.06. The first-order chi connectivity index (χ1) is 11.7. The van der Waals surface area contributed by atoms with Gasteiger partial charge in [-0.25, -0.2) is 0 Å². The summed E-state index contributed by atoms with van der Waals surface area (Å²) < 4.78 is 5.89. The van der Waals surface area contributed by atoms with Gasteiger partial charge in [-0.1, -0.05) is 48.5 Å². The predicted molar refractivity (Wildman–Crippen MR) is 91.5 cm³/mol. The molecule has 2 aromatic rings. The molecule has 1 heterocycles. The number of β-amino-alcohol motifs (C(OH)–C–C–N with tert-alkyl or cyclic N) is 1. The molecule has 3 N–H and O–H groups in total. The van der Waals surface area contributed by atoms with E-state index < -0.39 is 6.10 Å². The first kappa shape index (κ1) is 16.5. The van der Waals surface area contributed by atoms with Crippen molar-refractivity contribution in [2.45, 2.75) is 31.7 Å². The summed E-state index contributed by atoms with van der Waals surface area (Å²) in [5.41, 5.74) is 2.03. The molecule has 0 bridgehead atoms. The van der Waals surface area contributed by atoms with Crippen LogP contribution in [-0.4, -0.2) is 29.7 Å². The number of nitrogens with one attached hydrogen (secondary N) is 2. The molecule has 0 saturated carbocycles. The van der Waals surface area contributed by atoms with Crippen molar-refractivity contribution in [1.29, 1.82) is 0 Å². The number of carbonyl (C=O) groups is 1. The van der Waals surface area contributed by atoms with Gasteiger partial charge < -0.3 is 20.5 Å². The van der Waals surface area contributed by atoms with E-state index in [0.717, 1.165) is 16.9 Å². The van der Waals surface area contributed by atoms with E-state index in [1.165, 1.54) is 0 Å². The zero-order valence-corrected chi connectivity index (χ0v) is 13.4. The van der Waals surface area contributed by atoms with Gasteiger partial charge in [-0.2, -0.15) is 0 Å². The molecule has 0 aliphatic carbocycles. The summed E-state index contributed by atoms with van der Waals surface area (Å²) in [7, 11) is 0. The van der Waals surface area contributed by atoms with Crippen molar-refractivity contribution in [3.05, 3.63) is 65.7 Å². The molecule has 126 valence electrons. The lowest BCUT2D eigenvalue weighted by Crippen LogP contribution is -2.40. The third-order valence-electron chi connectivity index (χ3n) is 4.09. The minimum absolute atomic E-state index is 0.0931. The van der Waals surface area contributed by atoms with Gasteiger partial charge in [0.1, 0.15) is 12.4 Å². The Balaban J connectivity index is 1.56. The lowest BCUT2D eigenvalue weighted by molar-refractivity contribution is -0.123. The molecule has 0 aromatic heterocycles. The molecule has 2 aromatic carbocycles. The summed E-state index contributed by atoms with van der Waals surface area (Å²) in [6.45, 7) is 1.36. The minimum Gasteiger partial charge on any atom is -0.489 e. The fourth-order valence-electron chi connectivity index (χ4n) is 2.75. The zero-order chi connectivity index (χ0) is 16.8. The monoisotopic (exact) mass is 326 g/mol. The van der Waals surface area contributed by atoms with E-state index in [2.05, 4.69) is 10.6 Å². The third kappa shape index (κ3) is 4.34. The van der Waals surface area contributed by atoms with Crippen molar-refractivity contribution in [2.24, 2.45) is 0 Å². The quantitative estimate of drug-likeness (QED) is 0.754. The highest BCUT2D eigenvalue weighted by Gasteiger charge is 2.27. The number of para-hydroxylation sites is 1. The Labute approximate surface area is 141 Å². The SMILES string of the molecule is O=C(NCc1ccccc1OCc1ccccc1)[C@H]1C[C@H](O)CN1. The van der Waals surface area contributed by atoms with E-state index in [1.54, 1.807) is 0 Å². The van der Waals surface area contributed by atoms with E-state index in [9.17, 15) is 9.90 Å². The Morgan fingerprint density at radius 1 is 1.17 bits per heavy atom. The molecule has 1 fully saturated rings. The number of carbonyl (C=O) groups excluding carboxylic acids is 1. The summed E-state index contributed by atoms with van der Waals surface area (Å²) in [5.74, 6) is 0.672. The van der Waals surface area contributed by atoms with Crippen molar-refractivity contribution in [1.82, 2.24) is 10.6 Å². The summed E-state index contributed by atoms with van der Waals surface area (Å²) in [5, 5.41) is 15.4. The van der Waals surface area contributed by atoms with Crippen LogP contribution < -0.4 is 15.4 Å². The van der Waals surface area contributed by atoms with Crippen LogP contribution in [0.4, 0.5) is 0 Å². The van der Waals surface area contributed by atoms with Crippen LogP contribution in [0.1, 0.15) is 17.5 Å². The van der Waals surface area contributed by atoms with Gasteiger partial charge in [0.25, 0.3) is 0 Å². The molecular formula is C19H22N2O3. The lowest BCUT2D eigenvalue weighted by Gasteiger charge is -2.14. The van der Waals surface area contributed by atoms with Crippen LogP contribution in [0, 0.1) is 0 Å². The van der Waals surface area contributed by atoms with Crippen molar-refractivity contribution >= 4 is 5.91 Å². The molecule has 1 saturated heterocycles. The van der Waals surface area contributed by atoms with Gasteiger partial charge in [0.05, 0.1) is 12.1 Å². The number of hydrogen-bond donors (Lipinski definition) is 3. The van der Waals surface area contributed by atoms with Crippen LogP contribution in [0.15, 0.2) is 54.6 Å². The van der Waals surface area contributed by atoms with Gasteiger partial charge in [-0.3, -0.25) is 4.79 Å². The first-order valence-electron chi connectivity index (χ1n) is 8.16. The van der Waals surface area contributed by atoms with E-state index >= 15 is 0 Å². The molecule has 5 nitrogen and oxygen atoms in total. The Bertz CT molecular complexity index is 675. The molecule has 1 aliphatic heterocycles. The average molecular weight is 326 g/mol. The number of benzene rings is 2. The Hall–Kier alpha value is -2.37. The third-order valence-corrected chi connectivity index (χ3v) is 4.09. The number of amides is 1. The highest BCUT2D eigenvalue weighted by Crippen LogP contribution is 2.19. The van der Waals surface area contributed by atoms with Crippen LogP contribution in [0.2, 0.25) is 0 Å². The van der Waals surface area contributed by atoms with Crippen molar-refractivity contribution < 1.29 is 14.6 Å². The molecule has 24 heavy (non-hydrogen) atoms. The maximum atomic E-state index is 12.1. The van der Waals surface area contributed by atoms with Gasteiger partial charge in [0.15, 0.2) is 0 Å². The minimum atomic E-state index is -0.442. The standard InChI is InChI=1S/C19H22N2O3/c22-16-10-17(20-12-16)19(23)21-11-15-8-4-5-9-18(15)24-13-14-6-2-1-3-7-14/h1-9,16-17,20,22H,10-13H2,(H,21,23)/t16-,17+/m0/s1. The maximum Gasteiger partial charge on any atom is 0.237 e. The molecule has 0 spiro atoms. The second-order valence-electron chi connectivity index (χ2n) is 5.95. The van der Waals surface area contributed by atoms with Gasteiger partial charge >= 0.3 is 0 Å². The molecule has 2 atom stereocenters. The van der Waals surface area contributed by atoms with Crippen LogP contribution in [-0.2, 0) is 17.9 Å². The Kier molecular flexibility index (Phi) is 5.46. The molecule has 0 radical (unpaired) electrons. The predicted octanol–water partition coefficient (Wildman–Crippen LogP) is 1.60. The number of aliphatic hydroxyl groups is 1. The fourth-order valence-corrected chi connectivity index (χ4v) is 2.75. The smallest absolute Gasteiger partial charge is 0.237 e. The molecule has 0 unspecified atom stereocenters. The van der Waals surface area contributed by atoms with Gasteiger partial charge in [-0.15, -0.1) is 0 Å². The summed E-state index contributed by atoms with van der Waals surface area (Å²) in [6, 6.07) is 17.3. The van der Waals surface area contributed by atoms with E-state index in [1.807, 2.05) is 54.6 Å². The zero-order valence-electron chi connectivity index (χ0n) is 13.4. The summed E-state index contributed by atoms with van der Waals surface area (Å²) >= 11 is 0. The second-order valence-corrected chi connectivity index (χ2v) is 5.95. The lowest BCUT2D eigenvalue weighted by atomic mass is 10.1. The molecule has 3 rings (SSSR count). The Morgan fingerprint density at radius 3 is 2.67 bits per heavy atom. The molecule has 1 amide bonds. The van der Waals surface area contributed by atoms with Crippen LogP contribution >= 0.6 is 0 Å². The highest BCUT2D eigenvalue weighted by atomic mass is 16.5. The second kappa shape index (κ2) is 7.95. The summed E-state index contributed by atoms with van der Waals surface area (Å²) in [4.78, 5) is 12.1. The number of rotatable bonds is 6. The van der Waals surface area contributed by atoms with Crippen molar-refractivity contribution in [3.8, 4) is 5.75 Å². The largest absolute Gasteiger partial charge is 0.489 e. The number of ether oxygens (including phenoxy) is 1. The number of hydrogen-bond acceptors (Lipinski definition) is 4. The normalized spacial score (nSPS) is 19.9. The fraction of sp³-hybridized carbons (Fsp3) is 0.316. The molecule has 1 aliphatic rings. The Morgan fingerprint density at radius 2 is 1.92 bits per heavy atom. The highest BCUT2D eigenvalue weighted by molar-refractivity contribution is 5.82. The van der Waals surface area contributed by atoms with Gasteiger partial charge in [-0.05, 0) is 18.1 Å². The van der Waals surface area contributed by atoms with Gasteiger partial charge in [0.2, 0.25) is 5.91 Å². The van der Waals surface area contributed by atoms with E-state index in [-0.39, 0.29) is 11.9 Å². The van der Waals surface area contributed by atoms with Crippen molar-refractivity contribution in [2.75, 3.05) is 6.54 Å². The van der Waals surface area contributed by atoms with Crippen molar-refractivity contribution in [3.63, 3.8) is 0 Å². The first-order valence-corrected chi connectivity index (χ1v) is 8.16. The molecule has 5 heteroatoms. The van der Waals surface area contributed by atoms with E-state index in [4.69, 9.17) is 4.74 Å².